The summed E-state index contributed by atoms with van der Waals surface area (Å²) in [6.45, 7) is 6.77. The van der Waals surface area contributed by atoms with Crippen molar-refractivity contribution in [3.63, 3.8) is 0 Å². The second-order valence-corrected chi connectivity index (χ2v) is 7.55. The quantitative estimate of drug-likeness (QED) is 0.440. The minimum absolute atomic E-state index is 0.0621. The molecule has 1 amide bonds. The maximum absolute atomic E-state index is 12.8. The molecule has 0 fully saturated rings. The van der Waals surface area contributed by atoms with Gasteiger partial charge in [0.15, 0.2) is 10.8 Å². The van der Waals surface area contributed by atoms with Gasteiger partial charge in [0.2, 0.25) is 0 Å². The minimum atomic E-state index is -0.377. The lowest BCUT2D eigenvalue weighted by Gasteiger charge is -2.04. The molecule has 0 aliphatic carbocycles. The lowest BCUT2D eigenvalue weighted by Crippen LogP contribution is -2.12. The highest BCUT2D eigenvalue weighted by atomic mass is 32.1. The van der Waals surface area contributed by atoms with E-state index in [-0.39, 0.29) is 18.3 Å². The van der Waals surface area contributed by atoms with Gasteiger partial charge < -0.3 is 4.74 Å². The zero-order valence-corrected chi connectivity index (χ0v) is 18.1. The van der Waals surface area contributed by atoms with Crippen molar-refractivity contribution < 1.29 is 14.3 Å². The molecule has 31 heavy (non-hydrogen) atoms. The van der Waals surface area contributed by atoms with E-state index >= 15 is 0 Å². The number of anilines is 1. The second-order valence-electron chi connectivity index (χ2n) is 6.69. The van der Waals surface area contributed by atoms with E-state index in [1.54, 1.807) is 23.0 Å². The monoisotopic (exact) mass is 439 g/mol. The zero-order valence-electron chi connectivity index (χ0n) is 17.3. The Bertz CT molecular complexity index is 1260. The predicted octanol–water partition coefficient (Wildman–Crippen LogP) is 2.74. The van der Waals surface area contributed by atoms with Crippen molar-refractivity contribution in [3.8, 4) is 11.3 Å². The highest BCUT2D eigenvalue weighted by Crippen LogP contribution is 2.24. The lowest BCUT2D eigenvalue weighted by atomic mass is 10.2. The first-order valence-corrected chi connectivity index (χ1v) is 10.7. The fourth-order valence-corrected chi connectivity index (χ4v) is 3.86. The van der Waals surface area contributed by atoms with Crippen molar-refractivity contribution in [1.82, 2.24) is 29.4 Å². The van der Waals surface area contributed by atoms with Crippen LogP contribution in [0.4, 0.5) is 5.13 Å². The Labute approximate surface area is 181 Å². The smallest absolute Gasteiger partial charge is 0.311 e. The summed E-state index contributed by atoms with van der Waals surface area (Å²) in [4.78, 5) is 33.1. The number of rotatable bonds is 7. The topological polar surface area (TPSA) is 116 Å². The number of nitrogens with zero attached hydrogens (tertiary/aromatic N) is 6. The number of ether oxygens (including phenoxy) is 1. The number of carbonyl (C=O) groups excluding carboxylic acids is 2. The van der Waals surface area contributed by atoms with E-state index in [0.717, 1.165) is 23.5 Å². The molecule has 160 valence electrons. The number of aryl methyl sites for hydroxylation is 2. The Kier molecular flexibility index (Phi) is 5.76. The van der Waals surface area contributed by atoms with E-state index in [1.165, 1.54) is 17.5 Å². The van der Waals surface area contributed by atoms with Crippen LogP contribution in [0.2, 0.25) is 0 Å². The fraction of sp³-hybridized carbons (Fsp3) is 0.300. The molecule has 4 rings (SSSR count). The summed E-state index contributed by atoms with van der Waals surface area (Å²) in [6, 6.07) is 1.84. The standard InChI is InChI=1S/C20H21N7O3S/c1-4-26-10-15(12(3)25-26)16-6-7-21-18-14(9-22-27(16)18)19(29)24-20-23-13(11-31-20)8-17(28)30-5-2/h6-7,9-11H,4-5,8H2,1-3H3,(H,23,24,29). The van der Waals surface area contributed by atoms with Crippen LogP contribution in [-0.4, -0.2) is 47.8 Å². The molecular formula is C20H21N7O3S. The number of esters is 1. The number of thiazole rings is 1. The van der Waals surface area contributed by atoms with Crippen LogP contribution in [0.25, 0.3) is 16.9 Å². The molecular weight excluding hydrogens is 418 g/mol. The zero-order chi connectivity index (χ0) is 22.0. The summed E-state index contributed by atoms with van der Waals surface area (Å²) in [6.07, 6.45) is 5.14. The van der Waals surface area contributed by atoms with E-state index < -0.39 is 0 Å². The third kappa shape index (κ3) is 4.17. The molecule has 0 aliphatic heterocycles. The van der Waals surface area contributed by atoms with Crippen LogP contribution < -0.4 is 5.32 Å². The average molecular weight is 440 g/mol. The Hall–Kier alpha value is -3.60. The molecule has 0 spiro atoms. The molecule has 4 aromatic rings. The van der Waals surface area contributed by atoms with Crippen LogP contribution in [-0.2, 0) is 22.5 Å². The molecule has 4 heterocycles. The first-order valence-electron chi connectivity index (χ1n) is 9.78. The molecule has 1 N–H and O–H groups in total. The van der Waals surface area contributed by atoms with Gasteiger partial charge in [-0.1, -0.05) is 0 Å². The average Bonchev–Trinajstić information content (AvgIpc) is 3.46. The number of carbonyl (C=O) groups is 2. The van der Waals surface area contributed by atoms with Crippen molar-refractivity contribution in [1.29, 1.82) is 0 Å². The van der Waals surface area contributed by atoms with Gasteiger partial charge in [-0.3, -0.25) is 19.6 Å². The number of fused-ring (bicyclic) bond motifs is 1. The summed E-state index contributed by atoms with van der Waals surface area (Å²) >= 11 is 1.24. The largest absolute Gasteiger partial charge is 0.466 e. The molecule has 0 aromatic carbocycles. The summed E-state index contributed by atoms with van der Waals surface area (Å²) in [5.74, 6) is -0.732. The molecule has 0 bridgehead atoms. The van der Waals surface area contributed by atoms with Gasteiger partial charge in [-0.15, -0.1) is 11.3 Å². The molecule has 4 aromatic heterocycles. The van der Waals surface area contributed by atoms with E-state index in [9.17, 15) is 9.59 Å². The van der Waals surface area contributed by atoms with Crippen LogP contribution in [0, 0.1) is 6.92 Å². The van der Waals surface area contributed by atoms with Crippen molar-refractivity contribution in [2.75, 3.05) is 11.9 Å². The SMILES string of the molecule is CCOC(=O)Cc1csc(NC(=O)c2cnn3c(-c4cn(CC)nc4C)ccnc23)n1. The minimum Gasteiger partial charge on any atom is -0.466 e. The first kappa shape index (κ1) is 20.7. The first-order chi connectivity index (χ1) is 15.0. The van der Waals surface area contributed by atoms with E-state index in [0.29, 0.717) is 28.6 Å². The van der Waals surface area contributed by atoms with Gasteiger partial charge in [0.25, 0.3) is 5.91 Å². The third-order valence-electron chi connectivity index (χ3n) is 4.60. The van der Waals surface area contributed by atoms with Gasteiger partial charge in [0, 0.05) is 29.9 Å². The van der Waals surface area contributed by atoms with Crippen molar-refractivity contribution >= 4 is 34.0 Å². The van der Waals surface area contributed by atoms with Gasteiger partial charge in [-0.05, 0) is 26.8 Å². The van der Waals surface area contributed by atoms with Crippen molar-refractivity contribution in [2.24, 2.45) is 0 Å². The van der Waals surface area contributed by atoms with E-state index in [2.05, 4.69) is 25.5 Å². The number of aromatic nitrogens is 6. The lowest BCUT2D eigenvalue weighted by molar-refractivity contribution is -0.142. The molecule has 11 heteroatoms. The van der Waals surface area contributed by atoms with Crippen molar-refractivity contribution in [3.05, 3.63) is 47.0 Å². The van der Waals surface area contributed by atoms with Gasteiger partial charge in [-0.2, -0.15) is 10.2 Å². The van der Waals surface area contributed by atoms with Crippen LogP contribution >= 0.6 is 11.3 Å². The van der Waals surface area contributed by atoms with Gasteiger partial charge in [0.05, 0.1) is 36.3 Å². The molecule has 0 saturated carbocycles. The number of nitrogens with one attached hydrogen (secondary N) is 1. The summed E-state index contributed by atoms with van der Waals surface area (Å²) in [7, 11) is 0. The van der Waals surface area contributed by atoms with Crippen LogP contribution in [0.1, 0.15) is 35.6 Å². The van der Waals surface area contributed by atoms with Crippen molar-refractivity contribution in [2.45, 2.75) is 33.7 Å². The van der Waals surface area contributed by atoms with Crippen LogP contribution in [0.3, 0.4) is 0 Å². The van der Waals surface area contributed by atoms with Crippen LogP contribution in [0.15, 0.2) is 30.0 Å². The Morgan fingerprint density at radius 2 is 2.13 bits per heavy atom. The maximum atomic E-state index is 12.8. The van der Waals surface area contributed by atoms with Gasteiger partial charge in [0.1, 0.15) is 5.56 Å². The Morgan fingerprint density at radius 1 is 1.29 bits per heavy atom. The molecule has 0 aliphatic rings. The highest BCUT2D eigenvalue weighted by molar-refractivity contribution is 7.14. The Morgan fingerprint density at radius 3 is 2.87 bits per heavy atom. The molecule has 0 saturated heterocycles. The Balaban J connectivity index is 1.58. The predicted molar refractivity (Wildman–Crippen MR) is 115 cm³/mol. The van der Waals surface area contributed by atoms with E-state index in [1.807, 2.05) is 30.8 Å². The van der Waals surface area contributed by atoms with Gasteiger partial charge in [-0.25, -0.2) is 14.5 Å². The summed E-state index contributed by atoms with van der Waals surface area (Å²) < 4.78 is 8.40. The molecule has 0 atom stereocenters. The molecule has 10 nitrogen and oxygen atoms in total. The highest BCUT2D eigenvalue weighted by Gasteiger charge is 2.19. The number of hydrogen-bond acceptors (Lipinski definition) is 8. The number of hydrogen-bond donors (Lipinski definition) is 1. The van der Waals surface area contributed by atoms with Crippen LogP contribution in [0.5, 0.6) is 0 Å². The maximum Gasteiger partial charge on any atom is 0.311 e. The fourth-order valence-electron chi connectivity index (χ4n) is 3.16. The van der Waals surface area contributed by atoms with Gasteiger partial charge >= 0.3 is 5.97 Å². The summed E-state index contributed by atoms with van der Waals surface area (Å²) in [5, 5.41) is 13.7. The molecule has 0 unspecified atom stereocenters. The summed E-state index contributed by atoms with van der Waals surface area (Å²) in [5.41, 5.74) is 3.89. The number of amides is 1. The van der Waals surface area contributed by atoms with E-state index in [4.69, 9.17) is 4.74 Å². The normalized spacial score (nSPS) is 11.1. The third-order valence-corrected chi connectivity index (χ3v) is 5.40. The second kappa shape index (κ2) is 8.64. The molecule has 0 radical (unpaired) electrons.